The van der Waals surface area contributed by atoms with Crippen molar-refractivity contribution in [2.24, 2.45) is 4.99 Å². The first-order valence-corrected chi connectivity index (χ1v) is 5.74. The van der Waals surface area contributed by atoms with Gasteiger partial charge in [0.1, 0.15) is 0 Å². The number of nitrogens with zero attached hydrogens (tertiary/aromatic N) is 2. The summed E-state index contributed by atoms with van der Waals surface area (Å²) in [4.78, 5) is 8.33. The van der Waals surface area contributed by atoms with Crippen molar-refractivity contribution in [1.82, 2.24) is 4.98 Å². The lowest BCUT2D eigenvalue weighted by atomic mass is 10.2. The molecule has 2 aromatic rings. The molecule has 90 valence electrons. The van der Waals surface area contributed by atoms with Crippen LogP contribution in [0.1, 0.15) is 5.56 Å². The Morgan fingerprint density at radius 2 is 2.06 bits per heavy atom. The molecule has 2 heterocycles. The van der Waals surface area contributed by atoms with Gasteiger partial charge in [0.25, 0.3) is 0 Å². The van der Waals surface area contributed by atoms with Gasteiger partial charge in [-0.05, 0) is 35.9 Å². The Bertz CT molecular complexity index is 596. The molecule has 0 spiro atoms. The zero-order valence-corrected chi connectivity index (χ0v) is 10.1. The van der Waals surface area contributed by atoms with Gasteiger partial charge < -0.3 is 9.47 Å². The van der Waals surface area contributed by atoms with E-state index in [1.807, 2.05) is 18.2 Å². The van der Waals surface area contributed by atoms with E-state index in [0.29, 0.717) is 10.8 Å². The predicted molar refractivity (Wildman–Crippen MR) is 69.1 cm³/mol. The second kappa shape index (κ2) is 4.66. The first-order chi connectivity index (χ1) is 8.81. The highest BCUT2D eigenvalue weighted by atomic mass is 35.5. The van der Waals surface area contributed by atoms with E-state index in [4.69, 9.17) is 21.1 Å². The molecule has 0 atom stereocenters. The number of hydrogen-bond donors (Lipinski definition) is 0. The standard InChI is InChI=1S/C13H9ClN2O2/c14-10-2-4-13(16-7-10)15-6-9-1-3-11-12(5-9)18-8-17-11/h1-7H,8H2/b15-6+. The minimum atomic E-state index is 0.272. The lowest BCUT2D eigenvalue weighted by Gasteiger charge is -1.97. The number of aliphatic imine (C=N–C) groups is 1. The summed E-state index contributed by atoms with van der Waals surface area (Å²) in [7, 11) is 0. The number of benzene rings is 1. The summed E-state index contributed by atoms with van der Waals surface area (Å²) >= 11 is 5.75. The smallest absolute Gasteiger partial charge is 0.231 e. The fourth-order valence-electron chi connectivity index (χ4n) is 1.58. The van der Waals surface area contributed by atoms with E-state index < -0.39 is 0 Å². The number of aromatic nitrogens is 1. The van der Waals surface area contributed by atoms with Gasteiger partial charge in [-0.25, -0.2) is 9.98 Å². The van der Waals surface area contributed by atoms with Gasteiger partial charge in [-0.3, -0.25) is 0 Å². The minimum absolute atomic E-state index is 0.272. The number of ether oxygens (including phenoxy) is 2. The Kier molecular flexibility index (Phi) is 2.86. The Hall–Kier alpha value is -2.07. The van der Waals surface area contributed by atoms with Gasteiger partial charge >= 0.3 is 0 Å². The Labute approximate surface area is 109 Å². The molecule has 0 saturated carbocycles. The Morgan fingerprint density at radius 3 is 2.89 bits per heavy atom. The average molecular weight is 261 g/mol. The molecule has 18 heavy (non-hydrogen) atoms. The van der Waals surface area contributed by atoms with Crippen molar-refractivity contribution in [2.75, 3.05) is 6.79 Å². The maximum Gasteiger partial charge on any atom is 0.231 e. The molecular weight excluding hydrogens is 252 g/mol. The monoisotopic (exact) mass is 260 g/mol. The minimum Gasteiger partial charge on any atom is -0.454 e. The van der Waals surface area contributed by atoms with Crippen LogP contribution in [0.2, 0.25) is 5.02 Å². The zero-order chi connectivity index (χ0) is 12.4. The van der Waals surface area contributed by atoms with Gasteiger partial charge in [0.05, 0.1) is 5.02 Å². The Balaban J connectivity index is 1.82. The molecule has 1 aromatic heterocycles. The molecule has 0 unspecified atom stereocenters. The molecule has 0 aliphatic carbocycles. The van der Waals surface area contributed by atoms with Gasteiger partial charge in [-0.15, -0.1) is 0 Å². The lowest BCUT2D eigenvalue weighted by molar-refractivity contribution is 0.174. The lowest BCUT2D eigenvalue weighted by Crippen LogP contribution is -1.92. The first kappa shape index (κ1) is 11.0. The molecule has 0 fully saturated rings. The van der Waals surface area contributed by atoms with Crippen LogP contribution in [0.4, 0.5) is 5.82 Å². The van der Waals surface area contributed by atoms with Crippen molar-refractivity contribution in [3.63, 3.8) is 0 Å². The Morgan fingerprint density at radius 1 is 1.17 bits per heavy atom. The topological polar surface area (TPSA) is 43.7 Å². The maximum absolute atomic E-state index is 5.75. The SMILES string of the molecule is Clc1ccc(/N=C/c2ccc3c(c2)OCO3)nc1. The zero-order valence-electron chi connectivity index (χ0n) is 9.34. The van der Waals surface area contributed by atoms with Crippen LogP contribution in [0.3, 0.4) is 0 Å². The number of fused-ring (bicyclic) bond motifs is 1. The van der Waals surface area contributed by atoms with E-state index in [1.165, 1.54) is 0 Å². The number of rotatable bonds is 2. The third-order valence-electron chi connectivity index (χ3n) is 2.45. The summed E-state index contributed by atoms with van der Waals surface area (Å²) in [5.41, 5.74) is 0.927. The van der Waals surface area contributed by atoms with E-state index >= 15 is 0 Å². The van der Waals surface area contributed by atoms with E-state index in [1.54, 1.807) is 24.5 Å². The summed E-state index contributed by atoms with van der Waals surface area (Å²) in [5, 5.41) is 0.594. The quantitative estimate of drug-likeness (QED) is 0.779. The van der Waals surface area contributed by atoms with Gasteiger partial charge in [0.15, 0.2) is 17.3 Å². The average Bonchev–Trinajstić information content (AvgIpc) is 2.85. The predicted octanol–water partition coefficient (Wildman–Crippen LogP) is 3.21. The molecule has 4 nitrogen and oxygen atoms in total. The van der Waals surface area contributed by atoms with Crippen molar-refractivity contribution in [3.8, 4) is 11.5 Å². The van der Waals surface area contributed by atoms with Crippen molar-refractivity contribution < 1.29 is 9.47 Å². The molecule has 1 aliphatic rings. The third-order valence-corrected chi connectivity index (χ3v) is 2.68. The second-order valence-electron chi connectivity index (χ2n) is 3.71. The molecular formula is C13H9ClN2O2. The summed E-state index contributed by atoms with van der Waals surface area (Å²) in [6, 6.07) is 9.15. The fraction of sp³-hybridized carbons (Fsp3) is 0.0769. The summed E-state index contributed by atoms with van der Waals surface area (Å²) in [5.74, 6) is 2.11. The molecule has 0 radical (unpaired) electrons. The van der Waals surface area contributed by atoms with E-state index in [-0.39, 0.29) is 6.79 Å². The molecule has 3 rings (SSSR count). The van der Waals surface area contributed by atoms with Crippen molar-refractivity contribution >= 4 is 23.6 Å². The molecule has 0 N–H and O–H groups in total. The number of pyridine rings is 1. The molecule has 5 heteroatoms. The molecule has 1 aliphatic heterocycles. The van der Waals surface area contributed by atoms with Crippen LogP contribution in [0, 0.1) is 0 Å². The highest BCUT2D eigenvalue weighted by Gasteiger charge is 2.12. The maximum atomic E-state index is 5.75. The van der Waals surface area contributed by atoms with Crippen LogP contribution in [0.5, 0.6) is 11.5 Å². The molecule has 0 saturated heterocycles. The van der Waals surface area contributed by atoms with Crippen LogP contribution in [0.25, 0.3) is 0 Å². The van der Waals surface area contributed by atoms with Crippen molar-refractivity contribution in [2.45, 2.75) is 0 Å². The highest BCUT2D eigenvalue weighted by molar-refractivity contribution is 6.30. The van der Waals surface area contributed by atoms with Gasteiger partial charge in [0.2, 0.25) is 6.79 Å². The van der Waals surface area contributed by atoms with Crippen LogP contribution >= 0.6 is 11.6 Å². The van der Waals surface area contributed by atoms with Gasteiger partial charge in [-0.2, -0.15) is 0 Å². The van der Waals surface area contributed by atoms with Crippen molar-refractivity contribution in [1.29, 1.82) is 0 Å². The summed E-state index contributed by atoms with van der Waals surface area (Å²) in [6.07, 6.45) is 3.28. The number of hydrogen-bond acceptors (Lipinski definition) is 4. The van der Waals surface area contributed by atoms with E-state index in [0.717, 1.165) is 17.1 Å². The number of halogens is 1. The molecule has 1 aromatic carbocycles. The summed E-state index contributed by atoms with van der Waals surface area (Å²) < 4.78 is 10.5. The van der Waals surface area contributed by atoms with Gasteiger partial charge in [-0.1, -0.05) is 11.6 Å². The third kappa shape index (κ3) is 2.28. The van der Waals surface area contributed by atoms with Crippen molar-refractivity contribution in [3.05, 3.63) is 47.1 Å². The van der Waals surface area contributed by atoms with E-state index in [2.05, 4.69) is 9.98 Å². The second-order valence-corrected chi connectivity index (χ2v) is 4.14. The fourth-order valence-corrected chi connectivity index (χ4v) is 1.69. The van der Waals surface area contributed by atoms with Crippen LogP contribution in [-0.4, -0.2) is 18.0 Å². The molecule has 0 amide bonds. The summed E-state index contributed by atoms with van der Waals surface area (Å²) in [6.45, 7) is 0.272. The van der Waals surface area contributed by atoms with Crippen LogP contribution in [0.15, 0.2) is 41.5 Å². The van der Waals surface area contributed by atoms with Crippen LogP contribution in [-0.2, 0) is 0 Å². The molecule has 0 bridgehead atoms. The van der Waals surface area contributed by atoms with E-state index in [9.17, 15) is 0 Å². The highest BCUT2D eigenvalue weighted by Crippen LogP contribution is 2.32. The normalized spacial score (nSPS) is 13.2. The van der Waals surface area contributed by atoms with Crippen LogP contribution < -0.4 is 9.47 Å². The first-order valence-electron chi connectivity index (χ1n) is 5.36. The van der Waals surface area contributed by atoms with Gasteiger partial charge in [0, 0.05) is 12.4 Å². The largest absolute Gasteiger partial charge is 0.454 e.